The summed E-state index contributed by atoms with van der Waals surface area (Å²) in [5, 5.41) is 0. The van der Waals surface area contributed by atoms with Gasteiger partial charge in [-0.05, 0) is 34.5 Å². The largest absolute Gasteiger partial charge is 0.310 e. The van der Waals surface area contributed by atoms with Gasteiger partial charge in [-0.2, -0.15) is 0 Å². The van der Waals surface area contributed by atoms with Gasteiger partial charge in [0, 0.05) is 0 Å². The van der Waals surface area contributed by atoms with E-state index in [2.05, 4.69) is 64.0 Å². The van der Waals surface area contributed by atoms with E-state index in [1.165, 1.54) is 11.1 Å². The van der Waals surface area contributed by atoms with Crippen molar-refractivity contribution in [3.63, 3.8) is 0 Å². The average molecular weight is 179 g/mol. The zero-order valence-electron chi connectivity index (χ0n) is 9.46. The zero-order valence-corrected chi connectivity index (χ0v) is 9.46. The first-order valence-corrected chi connectivity index (χ1v) is 4.74. The van der Waals surface area contributed by atoms with Gasteiger partial charge in [0.05, 0.1) is 0 Å². The summed E-state index contributed by atoms with van der Waals surface area (Å²) in [6.45, 7) is 7.46. The predicted molar refractivity (Wildman–Crippen MR) is 60.1 cm³/mol. The van der Waals surface area contributed by atoms with Crippen molar-refractivity contribution in [2.75, 3.05) is 20.6 Å². The Bertz CT molecular complexity index is 190. The second-order valence-electron chi connectivity index (χ2n) is 3.55. The number of rotatable bonds is 1. The molecule has 0 saturated carbocycles. The van der Waals surface area contributed by atoms with Crippen molar-refractivity contribution >= 4 is 0 Å². The Labute approximate surface area is 82.4 Å². The normalized spacial score (nSPS) is 9.38. The second-order valence-corrected chi connectivity index (χ2v) is 3.55. The Balaban J connectivity index is 0.000000252. The Morgan fingerprint density at radius 2 is 1.15 bits per heavy atom. The van der Waals surface area contributed by atoms with E-state index >= 15 is 0 Å². The van der Waals surface area contributed by atoms with E-state index in [4.69, 9.17) is 0 Å². The maximum Gasteiger partial charge on any atom is -0.00533 e. The summed E-state index contributed by atoms with van der Waals surface area (Å²) in [5.74, 6) is 0. The minimum absolute atomic E-state index is 1.14. The van der Waals surface area contributed by atoms with Crippen LogP contribution >= 0.6 is 0 Å². The molecule has 0 aliphatic heterocycles. The Kier molecular flexibility index (Phi) is 6.25. The minimum Gasteiger partial charge on any atom is -0.310 e. The summed E-state index contributed by atoms with van der Waals surface area (Å²) in [7, 11) is 4.11. The molecular weight excluding hydrogens is 158 g/mol. The quantitative estimate of drug-likeness (QED) is 0.640. The van der Waals surface area contributed by atoms with E-state index in [-0.39, 0.29) is 0 Å². The van der Waals surface area contributed by atoms with Gasteiger partial charge in [-0.1, -0.05) is 42.3 Å². The summed E-state index contributed by atoms with van der Waals surface area (Å²) >= 11 is 0. The molecule has 0 heterocycles. The Morgan fingerprint density at radius 3 is 1.31 bits per heavy atom. The first-order chi connectivity index (χ1) is 6.06. The first-order valence-electron chi connectivity index (χ1n) is 4.74. The molecule has 0 amide bonds. The van der Waals surface area contributed by atoms with Gasteiger partial charge in [-0.25, -0.2) is 0 Å². The fraction of sp³-hybridized carbons (Fsp3) is 0.500. The Hall–Kier alpha value is -0.820. The maximum absolute atomic E-state index is 2.12. The number of nitrogens with zero attached hydrogens (tertiary/aromatic N) is 1. The molecule has 1 heteroatoms. The Morgan fingerprint density at radius 1 is 0.923 bits per heavy atom. The van der Waals surface area contributed by atoms with Gasteiger partial charge in [0.25, 0.3) is 0 Å². The monoisotopic (exact) mass is 179 g/mol. The molecule has 0 aliphatic rings. The topological polar surface area (TPSA) is 3.24 Å². The lowest BCUT2D eigenvalue weighted by Gasteiger charge is -2.00. The summed E-state index contributed by atoms with van der Waals surface area (Å²) in [6.07, 6.45) is 0. The number of benzene rings is 1. The van der Waals surface area contributed by atoms with E-state index in [9.17, 15) is 0 Å². The number of hydrogen-bond donors (Lipinski definition) is 0. The molecule has 0 bridgehead atoms. The van der Waals surface area contributed by atoms with Crippen LogP contribution in [0.25, 0.3) is 0 Å². The van der Waals surface area contributed by atoms with Crippen molar-refractivity contribution < 1.29 is 0 Å². The highest BCUT2D eigenvalue weighted by molar-refractivity contribution is 5.19. The van der Waals surface area contributed by atoms with Gasteiger partial charge >= 0.3 is 0 Å². The third-order valence-corrected chi connectivity index (χ3v) is 1.85. The minimum atomic E-state index is 1.14. The van der Waals surface area contributed by atoms with E-state index in [1.807, 2.05) is 0 Å². The van der Waals surface area contributed by atoms with Gasteiger partial charge in [-0.15, -0.1) is 0 Å². The van der Waals surface area contributed by atoms with E-state index < -0.39 is 0 Å². The number of hydrogen-bond acceptors (Lipinski definition) is 1. The highest BCUT2D eigenvalue weighted by Crippen LogP contribution is 1.99. The molecule has 1 aromatic carbocycles. The van der Waals surface area contributed by atoms with Crippen LogP contribution in [-0.4, -0.2) is 25.5 Å². The van der Waals surface area contributed by atoms with Crippen LogP contribution < -0.4 is 0 Å². The summed E-state index contributed by atoms with van der Waals surface area (Å²) < 4.78 is 0. The van der Waals surface area contributed by atoms with Gasteiger partial charge in [0.2, 0.25) is 0 Å². The molecule has 0 N–H and O–H groups in total. The van der Waals surface area contributed by atoms with Crippen molar-refractivity contribution in [2.24, 2.45) is 0 Å². The molecule has 0 aromatic heterocycles. The summed E-state index contributed by atoms with van der Waals surface area (Å²) in [5.41, 5.74) is 2.66. The molecule has 74 valence electrons. The molecule has 0 unspecified atom stereocenters. The summed E-state index contributed by atoms with van der Waals surface area (Å²) in [4.78, 5) is 2.12. The van der Waals surface area contributed by atoms with E-state index in [0.717, 1.165) is 6.54 Å². The SMILES string of the molecule is CCN(C)C.Cc1ccc(C)cc1. The molecule has 0 spiro atoms. The van der Waals surface area contributed by atoms with Crippen molar-refractivity contribution in [1.29, 1.82) is 0 Å². The third-order valence-electron chi connectivity index (χ3n) is 1.85. The average Bonchev–Trinajstić information content (AvgIpc) is 2.11. The predicted octanol–water partition coefficient (Wildman–Crippen LogP) is 2.87. The fourth-order valence-corrected chi connectivity index (χ4v) is 0.637. The van der Waals surface area contributed by atoms with Gasteiger partial charge in [-0.3, -0.25) is 0 Å². The molecule has 13 heavy (non-hydrogen) atoms. The van der Waals surface area contributed by atoms with Gasteiger partial charge < -0.3 is 4.90 Å². The van der Waals surface area contributed by atoms with Crippen molar-refractivity contribution in [1.82, 2.24) is 4.90 Å². The standard InChI is InChI=1S/C8H10.C4H11N/c1-7-3-5-8(2)6-4-7;1-4-5(2)3/h3-6H,1-2H3;4H2,1-3H3. The van der Waals surface area contributed by atoms with Crippen LogP contribution in [-0.2, 0) is 0 Å². The van der Waals surface area contributed by atoms with Crippen LogP contribution in [0.5, 0.6) is 0 Å². The van der Waals surface area contributed by atoms with Crippen LogP contribution in [0.4, 0.5) is 0 Å². The smallest absolute Gasteiger partial charge is 0.00533 e. The highest BCUT2D eigenvalue weighted by atomic mass is 15.0. The van der Waals surface area contributed by atoms with Crippen LogP contribution in [0.3, 0.4) is 0 Å². The molecule has 1 aromatic rings. The van der Waals surface area contributed by atoms with Crippen LogP contribution in [0.2, 0.25) is 0 Å². The van der Waals surface area contributed by atoms with Gasteiger partial charge in [0.1, 0.15) is 0 Å². The van der Waals surface area contributed by atoms with Gasteiger partial charge in [0.15, 0.2) is 0 Å². The van der Waals surface area contributed by atoms with E-state index in [1.54, 1.807) is 0 Å². The summed E-state index contributed by atoms with van der Waals surface area (Å²) in [6, 6.07) is 8.48. The van der Waals surface area contributed by atoms with Crippen LogP contribution in [0.15, 0.2) is 24.3 Å². The molecule has 0 atom stereocenters. The molecule has 1 nitrogen and oxygen atoms in total. The maximum atomic E-state index is 2.12. The molecule has 0 radical (unpaired) electrons. The van der Waals surface area contributed by atoms with Crippen LogP contribution in [0, 0.1) is 13.8 Å². The third kappa shape index (κ3) is 7.54. The van der Waals surface area contributed by atoms with Crippen molar-refractivity contribution in [3.8, 4) is 0 Å². The lowest BCUT2D eigenvalue weighted by Crippen LogP contribution is -2.08. The lowest BCUT2D eigenvalue weighted by atomic mass is 10.2. The molecule has 0 fully saturated rings. The second kappa shape index (κ2) is 6.67. The first kappa shape index (κ1) is 12.2. The molecular formula is C12H21N. The number of aryl methyl sites for hydroxylation is 2. The lowest BCUT2D eigenvalue weighted by molar-refractivity contribution is 0.434. The van der Waals surface area contributed by atoms with Crippen LogP contribution in [0.1, 0.15) is 18.1 Å². The molecule has 1 rings (SSSR count). The van der Waals surface area contributed by atoms with E-state index in [0.29, 0.717) is 0 Å². The van der Waals surface area contributed by atoms with Crippen molar-refractivity contribution in [2.45, 2.75) is 20.8 Å². The fourth-order valence-electron chi connectivity index (χ4n) is 0.637. The molecule has 0 saturated heterocycles. The molecule has 0 aliphatic carbocycles. The highest BCUT2D eigenvalue weighted by Gasteiger charge is 1.79. The zero-order chi connectivity index (χ0) is 10.3. The van der Waals surface area contributed by atoms with Crippen molar-refractivity contribution in [3.05, 3.63) is 35.4 Å².